The highest BCUT2D eigenvalue weighted by Gasteiger charge is 2.24. The minimum Gasteiger partial charge on any atom is -0.507 e. The predicted molar refractivity (Wildman–Crippen MR) is 84.9 cm³/mol. The van der Waals surface area contributed by atoms with Crippen LogP contribution >= 0.6 is 0 Å². The van der Waals surface area contributed by atoms with Gasteiger partial charge in [0.25, 0.3) is 0 Å². The molecule has 0 fully saturated rings. The Hall–Kier alpha value is -1.02. The Kier molecular flexibility index (Phi) is 6.58. The van der Waals surface area contributed by atoms with Crippen LogP contribution in [0.1, 0.15) is 66.0 Å². The van der Waals surface area contributed by atoms with E-state index in [9.17, 15) is 5.11 Å². The highest BCUT2D eigenvalue weighted by atomic mass is 16.3. The highest BCUT2D eigenvalue weighted by molar-refractivity contribution is 5.46. The summed E-state index contributed by atoms with van der Waals surface area (Å²) in [5.74, 6) is 0.456. The van der Waals surface area contributed by atoms with E-state index in [-0.39, 0.29) is 10.8 Å². The Morgan fingerprint density at radius 1 is 0.947 bits per heavy atom. The smallest absolute Gasteiger partial charge is 0.123 e. The Morgan fingerprint density at radius 2 is 1.26 bits per heavy atom. The molecule has 0 aliphatic heterocycles. The van der Waals surface area contributed by atoms with Gasteiger partial charge in [-0.1, -0.05) is 66.7 Å². The van der Waals surface area contributed by atoms with Gasteiger partial charge < -0.3 is 10.8 Å². The molecule has 1 aromatic carbocycles. The van der Waals surface area contributed by atoms with Crippen molar-refractivity contribution in [3.05, 3.63) is 29.3 Å². The third-order valence-corrected chi connectivity index (χ3v) is 2.94. The fourth-order valence-electron chi connectivity index (χ4n) is 1.75. The maximum atomic E-state index is 10.3. The van der Waals surface area contributed by atoms with E-state index in [1.165, 1.54) is 0 Å². The molecule has 1 rings (SSSR count). The van der Waals surface area contributed by atoms with E-state index in [1.54, 1.807) is 0 Å². The highest BCUT2D eigenvalue weighted by Crippen LogP contribution is 2.38. The van der Waals surface area contributed by atoms with Crippen LogP contribution in [-0.2, 0) is 10.8 Å². The maximum Gasteiger partial charge on any atom is 0.123 e. The van der Waals surface area contributed by atoms with E-state index in [2.05, 4.69) is 48.5 Å². The molecule has 19 heavy (non-hydrogen) atoms. The normalized spacial score (nSPS) is 11.8. The van der Waals surface area contributed by atoms with Crippen molar-refractivity contribution >= 4 is 0 Å². The van der Waals surface area contributed by atoms with Crippen LogP contribution in [0.4, 0.5) is 0 Å². The second kappa shape index (κ2) is 6.95. The van der Waals surface area contributed by atoms with Gasteiger partial charge >= 0.3 is 0 Å². The maximum absolute atomic E-state index is 10.3. The van der Waals surface area contributed by atoms with Crippen LogP contribution in [0, 0.1) is 0 Å². The Morgan fingerprint density at radius 3 is 1.47 bits per heavy atom. The van der Waals surface area contributed by atoms with Crippen molar-refractivity contribution in [3.8, 4) is 5.75 Å². The Bertz CT molecular complexity index is 349. The minimum absolute atomic E-state index is 0.00859. The summed E-state index contributed by atoms with van der Waals surface area (Å²) in [7, 11) is 0. The Balaban J connectivity index is 0.000000711. The molecule has 0 saturated carbocycles. The van der Waals surface area contributed by atoms with Crippen molar-refractivity contribution in [2.45, 2.75) is 65.7 Å². The lowest BCUT2D eigenvalue weighted by Crippen LogP contribution is -2.16. The number of hydrogen-bond donors (Lipinski definition) is 2. The van der Waals surface area contributed by atoms with Crippen LogP contribution < -0.4 is 5.73 Å². The fourth-order valence-corrected chi connectivity index (χ4v) is 1.75. The second-order valence-electron chi connectivity index (χ2n) is 6.99. The molecule has 0 aliphatic carbocycles. The number of phenolic OH excluding ortho intramolecular Hbond substituents is 1. The quantitative estimate of drug-likeness (QED) is 0.793. The van der Waals surface area contributed by atoms with E-state index in [4.69, 9.17) is 5.73 Å². The molecular formula is C17H31NO. The third-order valence-electron chi connectivity index (χ3n) is 2.94. The molecule has 0 radical (unpaired) electrons. The van der Waals surface area contributed by atoms with Crippen molar-refractivity contribution in [2.75, 3.05) is 6.54 Å². The zero-order chi connectivity index (χ0) is 15.3. The number of phenols is 1. The monoisotopic (exact) mass is 265 g/mol. The average molecular weight is 265 g/mol. The predicted octanol–water partition coefficient (Wildman–Crippen LogP) is 4.34. The molecule has 110 valence electrons. The molecule has 3 N–H and O–H groups in total. The molecule has 0 aromatic heterocycles. The first-order chi connectivity index (χ1) is 8.55. The molecule has 0 bridgehead atoms. The third kappa shape index (κ3) is 5.65. The molecule has 2 heteroatoms. The molecule has 0 aliphatic rings. The van der Waals surface area contributed by atoms with Crippen LogP contribution in [0.25, 0.3) is 0 Å². The summed E-state index contributed by atoms with van der Waals surface area (Å²) >= 11 is 0. The molecule has 0 heterocycles. The van der Waals surface area contributed by atoms with Crippen LogP contribution in [0.2, 0.25) is 0 Å². The van der Waals surface area contributed by atoms with Crippen LogP contribution in [-0.4, -0.2) is 11.7 Å². The summed E-state index contributed by atoms with van der Waals surface area (Å²) in [5.41, 5.74) is 7.06. The largest absolute Gasteiger partial charge is 0.507 e. The van der Waals surface area contributed by atoms with E-state index in [0.717, 1.165) is 24.1 Å². The molecule has 0 unspecified atom stereocenters. The van der Waals surface area contributed by atoms with Gasteiger partial charge in [0, 0.05) is 0 Å². The molecular weight excluding hydrogens is 234 g/mol. The summed E-state index contributed by atoms with van der Waals surface area (Å²) in [6, 6.07) is 6.04. The lowest BCUT2D eigenvalue weighted by Gasteiger charge is -2.26. The number of rotatable bonds is 1. The zero-order valence-electron chi connectivity index (χ0n) is 13.7. The first-order valence-electron chi connectivity index (χ1n) is 7.08. The number of hydrogen-bond acceptors (Lipinski definition) is 2. The van der Waals surface area contributed by atoms with E-state index in [0.29, 0.717) is 5.75 Å². The summed E-state index contributed by atoms with van der Waals surface area (Å²) in [5, 5.41) is 10.3. The lowest BCUT2D eigenvalue weighted by atomic mass is 9.80. The van der Waals surface area contributed by atoms with Gasteiger partial charge in [-0.05, 0) is 34.9 Å². The zero-order valence-corrected chi connectivity index (χ0v) is 13.7. The first kappa shape index (κ1) is 18.0. The van der Waals surface area contributed by atoms with E-state index >= 15 is 0 Å². The number of nitrogens with two attached hydrogens (primary N) is 1. The van der Waals surface area contributed by atoms with Crippen molar-refractivity contribution in [1.82, 2.24) is 0 Å². The topological polar surface area (TPSA) is 46.2 Å². The van der Waals surface area contributed by atoms with Crippen LogP contribution in [0.15, 0.2) is 18.2 Å². The van der Waals surface area contributed by atoms with Gasteiger partial charge in [-0.25, -0.2) is 0 Å². The molecule has 1 aromatic rings. The second-order valence-corrected chi connectivity index (χ2v) is 6.99. The van der Waals surface area contributed by atoms with Crippen molar-refractivity contribution < 1.29 is 5.11 Å². The van der Waals surface area contributed by atoms with Gasteiger partial charge in [0.15, 0.2) is 0 Å². The average Bonchev–Trinajstić information content (AvgIpc) is 2.26. The Labute approximate surface area is 119 Å². The van der Waals surface area contributed by atoms with Gasteiger partial charge in [-0.3, -0.25) is 0 Å². The first-order valence-corrected chi connectivity index (χ1v) is 7.08. The van der Waals surface area contributed by atoms with Crippen LogP contribution in [0.3, 0.4) is 0 Å². The molecule has 2 nitrogen and oxygen atoms in total. The van der Waals surface area contributed by atoms with Crippen LogP contribution in [0.5, 0.6) is 5.75 Å². The number of para-hydroxylation sites is 1. The SMILES string of the molecule is CC(C)(C)c1cccc(C(C)(C)C)c1O.CCCN. The van der Waals surface area contributed by atoms with Gasteiger partial charge in [0.1, 0.15) is 5.75 Å². The molecule has 0 saturated heterocycles. The van der Waals surface area contributed by atoms with E-state index < -0.39 is 0 Å². The lowest BCUT2D eigenvalue weighted by molar-refractivity contribution is 0.423. The van der Waals surface area contributed by atoms with Gasteiger partial charge in [-0.15, -0.1) is 0 Å². The summed E-state index contributed by atoms with van der Waals surface area (Å²) < 4.78 is 0. The van der Waals surface area contributed by atoms with Crippen molar-refractivity contribution in [1.29, 1.82) is 0 Å². The van der Waals surface area contributed by atoms with Gasteiger partial charge in [-0.2, -0.15) is 0 Å². The summed E-state index contributed by atoms with van der Waals surface area (Å²) in [4.78, 5) is 0. The molecule has 0 spiro atoms. The number of aromatic hydroxyl groups is 1. The van der Waals surface area contributed by atoms with Gasteiger partial charge in [0.2, 0.25) is 0 Å². The molecule has 0 atom stereocenters. The summed E-state index contributed by atoms with van der Waals surface area (Å²) in [6.45, 7) is 15.6. The van der Waals surface area contributed by atoms with Crippen molar-refractivity contribution in [2.24, 2.45) is 5.73 Å². The van der Waals surface area contributed by atoms with E-state index in [1.807, 2.05) is 18.2 Å². The minimum atomic E-state index is -0.00859. The summed E-state index contributed by atoms with van der Waals surface area (Å²) in [6.07, 6.45) is 1.10. The van der Waals surface area contributed by atoms with Crippen molar-refractivity contribution in [3.63, 3.8) is 0 Å². The van der Waals surface area contributed by atoms with Gasteiger partial charge in [0.05, 0.1) is 0 Å². The number of benzene rings is 1. The fraction of sp³-hybridized carbons (Fsp3) is 0.647. The standard InChI is InChI=1S/C14H22O.C3H9N/c1-13(2,3)10-8-7-9-11(12(10)15)14(4,5)6;1-2-3-4/h7-9,15H,1-6H3;2-4H2,1H3. The molecule has 0 amide bonds.